The van der Waals surface area contributed by atoms with Gasteiger partial charge in [-0.25, -0.2) is 4.79 Å². The summed E-state index contributed by atoms with van der Waals surface area (Å²) in [6.45, 7) is 3.57. The van der Waals surface area contributed by atoms with Crippen molar-refractivity contribution in [3.8, 4) is 0 Å². The number of amides is 1. The molecule has 18 heavy (non-hydrogen) atoms. The van der Waals surface area contributed by atoms with E-state index in [0.29, 0.717) is 11.3 Å². The molecular weight excluding hydrogens is 234 g/mol. The van der Waals surface area contributed by atoms with Crippen molar-refractivity contribution in [2.24, 2.45) is 10.9 Å². The first-order valence-electron chi connectivity index (χ1n) is 5.48. The van der Waals surface area contributed by atoms with Crippen LogP contribution in [-0.4, -0.2) is 30.3 Å². The first-order chi connectivity index (χ1) is 8.45. The molecule has 6 nitrogen and oxygen atoms in total. The molecule has 1 amide bonds. The quantitative estimate of drug-likeness (QED) is 0.371. The number of nitrogens with two attached hydrogens (primary N) is 1. The van der Waals surface area contributed by atoms with Crippen molar-refractivity contribution in [1.82, 2.24) is 0 Å². The second kappa shape index (κ2) is 5.90. The van der Waals surface area contributed by atoms with Crippen LogP contribution in [0.25, 0.3) is 0 Å². The van der Waals surface area contributed by atoms with Gasteiger partial charge in [0.1, 0.15) is 0 Å². The van der Waals surface area contributed by atoms with Gasteiger partial charge in [0, 0.05) is 18.3 Å². The maximum atomic E-state index is 11.6. The molecule has 98 valence electrons. The Morgan fingerprint density at radius 1 is 1.39 bits per heavy atom. The number of amidine groups is 1. The molecule has 1 aromatic carbocycles. The van der Waals surface area contributed by atoms with E-state index in [0.717, 1.165) is 0 Å². The molecule has 1 aromatic rings. The highest BCUT2D eigenvalue weighted by Crippen LogP contribution is 2.15. The van der Waals surface area contributed by atoms with Crippen molar-refractivity contribution in [2.45, 2.75) is 20.0 Å². The molecular formula is C12H17N3O3. The second-order valence-electron chi connectivity index (χ2n) is 4.02. The normalized spacial score (nSPS) is 11.4. The number of oxime groups is 1. The summed E-state index contributed by atoms with van der Waals surface area (Å²) in [6, 6.07) is 6.69. The molecule has 0 radical (unpaired) electrons. The van der Waals surface area contributed by atoms with Crippen LogP contribution in [0.4, 0.5) is 10.5 Å². The number of carbonyl (C=O) groups excluding carboxylic acids is 1. The Morgan fingerprint density at radius 3 is 2.39 bits per heavy atom. The summed E-state index contributed by atoms with van der Waals surface area (Å²) >= 11 is 0. The zero-order chi connectivity index (χ0) is 13.7. The van der Waals surface area contributed by atoms with Gasteiger partial charge < -0.3 is 15.7 Å². The predicted octanol–water partition coefficient (Wildman–Crippen LogP) is 1.76. The average molecular weight is 251 g/mol. The van der Waals surface area contributed by atoms with E-state index >= 15 is 0 Å². The SMILES string of the molecule is CC(C)OC(=O)N(C)c1ccc(C(N)=NO)cc1. The molecule has 1 rings (SSSR count). The Labute approximate surface area is 106 Å². The number of hydrogen-bond donors (Lipinski definition) is 2. The third kappa shape index (κ3) is 3.38. The highest BCUT2D eigenvalue weighted by molar-refractivity contribution is 5.97. The van der Waals surface area contributed by atoms with Gasteiger partial charge >= 0.3 is 6.09 Å². The lowest BCUT2D eigenvalue weighted by atomic mass is 10.2. The number of nitrogens with zero attached hydrogens (tertiary/aromatic N) is 2. The molecule has 0 bridgehead atoms. The third-order valence-electron chi connectivity index (χ3n) is 2.27. The molecule has 6 heteroatoms. The van der Waals surface area contributed by atoms with Gasteiger partial charge in [0.05, 0.1) is 6.10 Å². The Morgan fingerprint density at radius 2 is 1.94 bits per heavy atom. The average Bonchev–Trinajstić information content (AvgIpc) is 2.36. The van der Waals surface area contributed by atoms with Gasteiger partial charge in [0.25, 0.3) is 0 Å². The van der Waals surface area contributed by atoms with E-state index in [9.17, 15) is 4.79 Å². The molecule has 0 aliphatic heterocycles. The number of benzene rings is 1. The number of hydrogen-bond acceptors (Lipinski definition) is 4. The van der Waals surface area contributed by atoms with Crippen LogP contribution in [0, 0.1) is 0 Å². The van der Waals surface area contributed by atoms with Crippen LogP contribution in [-0.2, 0) is 4.74 Å². The number of ether oxygens (including phenoxy) is 1. The van der Waals surface area contributed by atoms with E-state index in [1.807, 2.05) is 0 Å². The minimum atomic E-state index is -0.429. The minimum absolute atomic E-state index is 0.0222. The van der Waals surface area contributed by atoms with Crippen molar-refractivity contribution in [1.29, 1.82) is 0 Å². The molecule has 0 aliphatic rings. The third-order valence-corrected chi connectivity index (χ3v) is 2.27. The Balaban J connectivity index is 2.82. The van der Waals surface area contributed by atoms with Gasteiger partial charge in [-0.3, -0.25) is 4.90 Å². The van der Waals surface area contributed by atoms with Crippen LogP contribution in [0.3, 0.4) is 0 Å². The lowest BCUT2D eigenvalue weighted by molar-refractivity contribution is 0.124. The van der Waals surface area contributed by atoms with Gasteiger partial charge in [-0.05, 0) is 38.1 Å². The largest absolute Gasteiger partial charge is 0.446 e. The summed E-state index contributed by atoms with van der Waals surface area (Å²) in [5, 5.41) is 11.4. The molecule has 0 atom stereocenters. The summed E-state index contributed by atoms with van der Waals surface area (Å²) < 4.78 is 5.06. The van der Waals surface area contributed by atoms with E-state index in [1.165, 1.54) is 4.90 Å². The smallest absolute Gasteiger partial charge is 0.414 e. The van der Waals surface area contributed by atoms with Gasteiger partial charge in [0.15, 0.2) is 5.84 Å². The van der Waals surface area contributed by atoms with Crippen LogP contribution >= 0.6 is 0 Å². The fourth-order valence-corrected chi connectivity index (χ4v) is 1.30. The van der Waals surface area contributed by atoms with Crippen LogP contribution < -0.4 is 10.6 Å². The number of rotatable bonds is 3. The Hall–Kier alpha value is -2.24. The van der Waals surface area contributed by atoms with Crippen LogP contribution in [0.1, 0.15) is 19.4 Å². The monoisotopic (exact) mass is 251 g/mol. The van der Waals surface area contributed by atoms with Gasteiger partial charge in [-0.2, -0.15) is 0 Å². The first-order valence-corrected chi connectivity index (χ1v) is 5.48. The molecule has 0 saturated heterocycles. The van der Waals surface area contributed by atoms with E-state index in [4.69, 9.17) is 15.7 Å². The standard InChI is InChI=1S/C12H17N3O3/c1-8(2)18-12(16)15(3)10-6-4-9(5-7-10)11(13)14-17/h4-8,17H,1-3H3,(H2,13,14). The lowest BCUT2D eigenvalue weighted by Gasteiger charge is -2.18. The molecule has 0 unspecified atom stereocenters. The van der Waals surface area contributed by atoms with Crippen molar-refractivity contribution < 1.29 is 14.7 Å². The van der Waals surface area contributed by atoms with E-state index in [-0.39, 0.29) is 11.9 Å². The molecule has 3 N–H and O–H groups in total. The van der Waals surface area contributed by atoms with Crippen LogP contribution in [0.15, 0.2) is 29.4 Å². The van der Waals surface area contributed by atoms with Gasteiger partial charge in [-0.15, -0.1) is 0 Å². The number of anilines is 1. The Bertz CT molecular complexity index is 440. The second-order valence-corrected chi connectivity index (χ2v) is 4.02. The maximum Gasteiger partial charge on any atom is 0.414 e. The fraction of sp³-hybridized carbons (Fsp3) is 0.333. The maximum absolute atomic E-state index is 11.6. The summed E-state index contributed by atoms with van der Waals surface area (Å²) in [5.74, 6) is 0.0222. The first kappa shape index (κ1) is 13.8. The summed E-state index contributed by atoms with van der Waals surface area (Å²) in [5.41, 5.74) is 6.68. The van der Waals surface area contributed by atoms with Crippen LogP contribution in [0.2, 0.25) is 0 Å². The molecule has 0 aromatic heterocycles. The van der Waals surface area contributed by atoms with Gasteiger partial charge in [0.2, 0.25) is 0 Å². The topological polar surface area (TPSA) is 88.2 Å². The summed E-state index contributed by atoms with van der Waals surface area (Å²) in [6.07, 6.45) is -0.599. The van der Waals surface area contributed by atoms with E-state index < -0.39 is 6.09 Å². The zero-order valence-corrected chi connectivity index (χ0v) is 10.6. The lowest BCUT2D eigenvalue weighted by Crippen LogP contribution is -2.29. The minimum Gasteiger partial charge on any atom is -0.446 e. The highest BCUT2D eigenvalue weighted by Gasteiger charge is 2.13. The predicted molar refractivity (Wildman–Crippen MR) is 69.0 cm³/mol. The summed E-state index contributed by atoms with van der Waals surface area (Å²) in [7, 11) is 1.61. The van der Waals surface area contributed by atoms with Crippen molar-refractivity contribution in [2.75, 3.05) is 11.9 Å². The zero-order valence-electron chi connectivity index (χ0n) is 10.6. The van der Waals surface area contributed by atoms with Crippen molar-refractivity contribution in [3.63, 3.8) is 0 Å². The van der Waals surface area contributed by atoms with E-state index in [2.05, 4.69) is 5.16 Å². The van der Waals surface area contributed by atoms with Gasteiger partial charge in [-0.1, -0.05) is 5.16 Å². The van der Waals surface area contributed by atoms with Crippen molar-refractivity contribution in [3.05, 3.63) is 29.8 Å². The Kier molecular flexibility index (Phi) is 4.53. The fourth-order valence-electron chi connectivity index (χ4n) is 1.30. The molecule has 0 heterocycles. The molecule has 0 fully saturated rings. The van der Waals surface area contributed by atoms with Crippen molar-refractivity contribution >= 4 is 17.6 Å². The molecule has 0 saturated carbocycles. The summed E-state index contributed by atoms with van der Waals surface area (Å²) in [4.78, 5) is 13.0. The molecule has 0 aliphatic carbocycles. The molecule has 0 spiro atoms. The van der Waals surface area contributed by atoms with E-state index in [1.54, 1.807) is 45.2 Å². The number of carbonyl (C=O) groups is 1. The highest BCUT2D eigenvalue weighted by atomic mass is 16.6. The van der Waals surface area contributed by atoms with Crippen LogP contribution in [0.5, 0.6) is 0 Å².